The summed E-state index contributed by atoms with van der Waals surface area (Å²) in [6.07, 6.45) is 8.04. The van der Waals surface area contributed by atoms with Crippen LogP contribution in [0.15, 0.2) is 30.7 Å². The van der Waals surface area contributed by atoms with Crippen LogP contribution in [0.4, 0.5) is 27.8 Å². The van der Waals surface area contributed by atoms with Crippen LogP contribution in [-0.2, 0) is 32.3 Å². The normalized spacial score (nSPS) is 17.5. The third-order valence-electron chi connectivity index (χ3n) is 7.87. The number of rotatable bonds is 5. The molecule has 0 radical (unpaired) electrons. The van der Waals surface area contributed by atoms with Crippen LogP contribution in [0.25, 0.3) is 0 Å². The van der Waals surface area contributed by atoms with Crippen molar-refractivity contribution in [1.82, 2.24) is 19.9 Å². The number of nitrogens with one attached hydrogen (secondary N) is 1. The summed E-state index contributed by atoms with van der Waals surface area (Å²) >= 11 is 0. The molecule has 0 bridgehead atoms. The van der Waals surface area contributed by atoms with Crippen molar-refractivity contribution in [2.24, 2.45) is 0 Å². The van der Waals surface area contributed by atoms with Gasteiger partial charge in [-0.2, -0.15) is 0 Å². The predicted octanol–water partition coefficient (Wildman–Crippen LogP) is 4.05. The molecule has 1 aliphatic carbocycles. The number of pyridine rings is 2. The molecule has 2 aliphatic heterocycles. The number of amides is 1. The average Bonchev–Trinajstić information content (AvgIpc) is 3.75. The summed E-state index contributed by atoms with van der Waals surface area (Å²) in [7, 11) is -3.23. The molecule has 0 spiro atoms. The minimum Gasteiger partial charge on any atom is -0.474 e. The lowest BCUT2D eigenvalue weighted by Crippen LogP contribution is -2.42. The molecule has 1 saturated carbocycles. The Morgan fingerprint density at radius 2 is 1.88 bits per heavy atom. The number of ether oxygens (including phenoxy) is 2. The summed E-state index contributed by atoms with van der Waals surface area (Å²) in [6.45, 7) is 9.51. The van der Waals surface area contributed by atoms with Crippen LogP contribution in [0.3, 0.4) is 0 Å². The second-order valence-corrected chi connectivity index (χ2v) is 14.4. The van der Waals surface area contributed by atoms with Gasteiger partial charge in [0.05, 0.1) is 48.2 Å². The number of aromatic nitrogens is 4. The van der Waals surface area contributed by atoms with Crippen molar-refractivity contribution in [1.29, 1.82) is 0 Å². The maximum Gasteiger partial charge on any atom is 0.415 e. The minimum atomic E-state index is -3.23. The lowest BCUT2D eigenvalue weighted by atomic mass is 10.0. The Bertz CT molecular complexity index is 1650. The molecular formula is C29H35N7O5S. The molecule has 3 aliphatic rings. The quantitative estimate of drug-likeness (QED) is 0.458. The lowest BCUT2D eigenvalue weighted by molar-refractivity contribution is 0.0566. The molecular weight excluding hydrogens is 558 g/mol. The summed E-state index contributed by atoms with van der Waals surface area (Å²) in [5.41, 5.74) is 4.98. The first-order valence-corrected chi connectivity index (χ1v) is 15.9. The van der Waals surface area contributed by atoms with E-state index in [1.54, 1.807) is 23.4 Å². The van der Waals surface area contributed by atoms with Crippen LogP contribution in [-0.4, -0.2) is 66.0 Å². The molecule has 1 amide bonds. The largest absolute Gasteiger partial charge is 0.474 e. The van der Waals surface area contributed by atoms with E-state index in [-0.39, 0.29) is 0 Å². The van der Waals surface area contributed by atoms with E-state index in [0.29, 0.717) is 61.4 Å². The molecule has 0 atom stereocenters. The van der Waals surface area contributed by atoms with E-state index < -0.39 is 26.3 Å². The van der Waals surface area contributed by atoms with Crippen LogP contribution < -0.4 is 19.9 Å². The van der Waals surface area contributed by atoms with E-state index in [1.807, 2.05) is 40.0 Å². The topological polar surface area (TPSA) is 140 Å². The van der Waals surface area contributed by atoms with Gasteiger partial charge in [0.15, 0.2) is 9.84 Å². The molecule has 13 heteroatoms. The number of carbonyl (C=O) groups is 1. The zero-order chi connectivity index (χ0) is 29.9. The fourth-order valence-electron chi connectivity index (χ4n) is 5.51. The SMILES string of the molecule is Cc1c(N2CCc3cnc(Nc4ccc(C5(S(C)(=O)=O)CC5)nc4)nc3C2)cnc2c1N(C(=O)OC(C)(C)C)CCO2. The summed E-state index contributed by atoms with van der Waals surface area (Å²) in [5, 5.41) is 3.20. The second-order valence-electron chi connectivity index (χ2n) is 12.1. The Kier molecular flexibility index (Phi) is 6.75. The molecule has 3 aromatic heterocycles. The van der Waals surface area contributed by atoms with Gasteiger partial charge in [-0.25, -0.2) is 28.2 Å². The van der Waals surface area contributed by atoms with Crippen molar-refractivity contribution in [3.8, 4) is 5.88 Å². The van der Waals surface area contributed by atoms with Gasteiger partial charge in [-0.1, -0.05) is 0 Å². The molecule has 1 N–H and O–H groups in total. The van der Waals surface area contributed by atoms with Crippen molar-refractivity contribution >= 4 is 38.9 Å². The van der Waals surface area contributed by atoms with Crippen LogP contribution in [0, 0.1) is 6.92 Å². The molecule has 1 fully saturated rings. The van der Waals surface area contributed by atoms with E-state index in [9.17, 15) is 13.2 Å². The highest BCUT2D eigenvalue weighted by Crippen LogP contribution is 2.51. The van der Waals surface area contributed by atoms with Gasteiger partial charge in [-0.05, 0) is 64.7 Å². The number of carbonyl (C=O) groups excluding carboxylic acids is 1. The average molecular weight is 594 g/mol. The van der Waals surface area contributed by atoms with Gasteiger partial charge >= 0.3 is 6.09 Å². The maximum atomic E-state index is 13.0. The fourth-order valence-corrected chi connectivity index (χ4v) is 6.86. The monoisotopic (exact) mass is 593 g/mol. The first kappa shape index (κ1) is 28.1. The van der Waals surface area contributed by atoms with Crippen LogP contribution in [0.1, 0.15) is 56.1 Å². The van der Waals surface area contributed by atoms with Crippen LogP contribution in [0.2, 0.25) is 0 Å². The summed E-state index contributed by atoms with van der Waals surface area (Å²) in [4.78, 5) is 35.1. The third kappa shape index (κ3) is 5.21. The Morgan fingerprint density at radius 3 is 2.55 bits per heavy atom. The lowest BCUT2D eigenvalue weighted by Gasteiger charge is -2.35. The highest BCUT2D eigenvalue weighted by Gasteiger charge is 2.54. The predicted molar refractivity (Wildman–Crippen MR) is 158 cm³/mol. The molecule has 6 rings (SSSR count). The van der Waals surface area contributed by atoms with E-state index in [4.69, 9.17) is 14.5 Å². The first-order valence-electron chi connectivity index (χ1n) is 14.0. The first-order chi connectivity index (χ1) is 19.8. The van der Waals surface area contributed by atoms with Gasteiger partial charge in [0.1, 0.15) is 22.6 Å². The molecule has 222 valence electrons. The van der Waals surface area contributed by atoms with Crippen LogP contribution >= 0.6 is 0 Å². The molecule has 12 nitrogen and oxygen atoms in total. The molecule has 5 heterocycles. The standard InChI is InChI=1S/C29H35N7O5S/c1-18-22(16-31-25-24(18)36(12-13-40-25)27(37)41-28(2,3)4)35-11-8-19-14-32-26(34-21(19)17-35)33-20-6-7-23(30-15-20)29(9-10-29)42(5,38)39/h6-7,14-16H,8-13,17H2,1-5H3,(H,32,33,34). The summed E-state index contributed by atoms with van der Waals surface area (Å²) < 4.78 is 35.1. The Hall–Kier alpha value is -4.00. The number of nitrogens with zero attached hydrogens (tertiary/aromatic N) is 6. The Morgan fingerprint density at radius 1 is 1.10 bits per heavy atom. The van der Waals surface area contributed by atoms with Crippen molar-refractivity contribution in [2.45, 2.75) is 63.9 Å². The van der Waals surface area contributed by atoms with Gasteiger partial charge < -0.3 is 19.7 Å². The zero-order valence-electron chi connectivity index (χ0n) is 24.5. The molecule has 0 unspecified atom stereocenters. The smallest absolute Gasteiger partial charge is 0.415 e. The summed E-state index contributed by atoms with van der Waals surface area (Å²) in [5.74, 6) is 0.850. The Balaban J connectivity index is 1.21. The fraction of sp³-hybridized carbons (Fsp3) is 0.483. The molecule has 3 aromatic rings. The van der Waals surface area contributed by atoms with Crippen molar-refractivity contribution in [2.75, 3.05) is 41.1 Å². The highest BCUT2D eigenvalue weighted by molar-refractivity contribution is 7.91. The van der Waals surface area contributed by atoms with E-state index in [2.05, 4.69) is 25.2 Å². The second kappa shape index (κ2) is 10.1. The number of fused-ring (bicyclic) bond motifs is 2. The maximum absolute atomic E-state index is 13.0. The van der Waals surface area contributed by atoms with Gasteiger partial charge in [-0.3, -0.25) is 9.88 Å². The van der Waals surface area contributed by atoms with E-state index in [0.717, 1.165) is 35.5 Å². The van der Waals surface area contributed by atoms with Crippen LogP contribution in [0.5, 0.6) is 5.88 Å². The minimum absolute atomic E-state index is 0.346. The number of anilines is 4. The molecule has 42 heavy (non-hydrogen) atoms. The molecule has 0 saturated heterocycles. The number of sulfone groups is 1. The number of hydrogen-bond donors (Lipinski definition) is 1. The highest BCUT2D eigenvalue weighted by atomic mass is 32.2. The Labute approximate surface area is 245 Å². The van der Waals surface area contributed by atoms with Crippen molar-refractivity contribution in [3.05, 3.63) is 53.2 Å². The molecule has 0 aromatic carbocycles. The van der Waals surface area contributed by atoms with Crippen molar-refractivity contribution in [3.63, 3.8) is 0 Å². The van der Waals surface area contributed by atoms with Crippen molar-refractivity contribution < 1.29 is 22.7 Å². The van der Waals surface area contributed by atoms with E-state index >= 15 is 0 Å². The van der Waals surface area contributed by atoms with Gasteiger partial charge in [0, 0.05) is 24.6 Å². The zero-order valence-corrected chi connectivity index (χ0v) is 25.3. The van der Waals surface area contributed by atoms with Gasteiger partial charge in [0.25, 0.3) is 0 Å². The number of hydrogen-bond acceptors (Lipinski definition) is 11. The van der Waals surface area contributed by atoms with Gasteiger partial charge in [0.2, 0.25) is 11.8 Å². The van der Waals surface area contributed by atoms with E-state index in [1.165, 1.54) is 6.26 Å². The summed E-state index contributed by atoms with van der Waals surface area (Å²) in [6, 6.07) is 3.57. The third-order valence-corrected chi connectivity index (χ3v) is 9.91. The van der Waals surface area contributed by atoms with Gasteiger partial charge in [-0.15, -0.1) is 0 Å².